The normalized spacial score (nSPS) is 19.9. The molecular formula is C29H25NO2. The molecule has 0 N–H and O–H groups in total. The number of furan rings is 1. The van der Waals surface area contributed by atoms with Crippen LogP contribution >= 0.6 is 0 Å². The van der Waals surface area contributed by atoms with Crippen molar-refractivity contribution in [3.8, 4) is 11.3 Å². The van der Waals surface area contributed by atoms with Crippen molar-refractivity contribution in [1.29, 1.82) is 0 Å². The molecule has 1 aliphatic heterocycles. The molecule has 2 aromatic carbocycles. The van der Waals surface area contributed by atoms with E-state index in [0.717, 1.165) is 28.0 Å². The van der Waals surface area contributed by atoms with Gasteiger partial charge < -0.3 is 9.15 Å². The Labute approximate surface area is 187 Å². The van der Waals surface area contributed by atoms with E-state index in [4.69, 9.17) is 14.1 Å². The zero-order chi connectivity index (χ0) is 21.9. The van der Waals surface area contributed by atoms with Gasteiger partial charge in [-0.15, -0.1) is 0 Å². The first kappa shape index (κ1) is 19.1. The summed E-state index contributed by atoms with van der Waals surface area (Å²) in [5.74, 6) is 1.16. The molecule has 0 radical (unpaired) electrons. The summed E-state index contributed by atoms with van der Waals surface area (Å²) in [6.45, 7) is 6.77. The predicted octanol–water partition coefficient (Wildman–Crippen LogP) is 7.43. The zero-order valence-electron chi connectivity index (χ0n) is 18.5. The molecule has 0 spiro atoms. The second-order valence-electron chi connectivity index (χ2n) is 9.65. The van der Waals surface area contributed by atoms with Crippen molar-refractivity contribution >= 4 is 27.6 Å². The van der Waals surface area contributed by atoms with E-state index in [1.807, 2.05) is 12.1 Å². The molecule has 2 atom stereocenters. The van der Waals surface area contributed by atoms with Crippen LogP contribution in [0.5, 0.6) is 0 Å². The van der Waals surface area contributed by atoms with E-state index >= 15 is 0 Å². The highest BCUT2D eigenvalue weighted by Gasteiger charge is 2.29. The maximum Gasteiger partial charge on any atom is 0.227 e. The van der Waals surface area contributed by atoms with Crippen LogP contribution in [-0.2, 0) is 10.2 Å². The highest BCUT2D eigenvalue weighted by molar-refractivity contribution is 5.94. The summed E-state index contributed by atoms with van der Waals surface area (Å²) in [4.78, 5) is 4.88. The van der Waals surface area contributed by atoms with Gasteiger partial charge in [0.1, 0.15) is 11.9 Å². The molecule has 2 unspecified atom stereocenters. The molecule has 2 aliphatic rings. The Balaban J connectivity index is 1.55. The van der Waals surface area contributed by atoms with Crippen LogP contribution in [0.1, 0.15) is 31.9 Å². The third-order valence-corrected chi connectivity index (χ3v) is 6.40. The van der Waals surface area contributed by atoms with Gasteiger partial charge in [0.2, 0.25) is 5.71 Å². The topological polar surface area (TPSA) is 35.3 Å². The summed E-state index contributed by atoms with van der Waals surface area (Å²) in [5, 5.41) is 3.48. The summed E-state index contributed by atoms with van der Waals surface area (Å²) >= 11 is 0. The van der Waals surface area contributed by atoms with E-state index in [9.17, 15) is 0 Å². The molecule has 6 rings (SSSR count). The summed E-state index contributed by atoms with van der Waals surface area (Å²) in [6.07, 6.45) is 12.4. The minimum Gasteiger partial charge on any atom is -0.485 e. The van der Waals surface area contributed by atoms with Crippen LogP contribution in [0.4, 0.5) is 0 Å². The van der Waals surface area contributed by atoms with Gasteiger partial charge in [-0.05, 0) is 58.2 Å². The van der Waals surface area contributed by atoms with E-state index in [2.05, 4.69) is 87.5 Å². The molecule has 0 saturated heterocycles. The van der Waals surface area contributed by atoms with E-state index < -0.39 is 0 Å². The third-order valence-electron chi connectivity index (χ3n) is 6.40. The highest BCUT2D eigenvalue weighted by atomic mass is 16.5. The number of ether oxygens (including phenoxy) is 1. The number of benzene rings is 2. The molecule has 4 aromatic rings. The van der Waals surface area contributed by atoms with Crippen LogP contribution in [0.3, 0.4) is 0 Å². The first-order chi connectivity index (χ1) is 15.5. The molecule has 0 fully saturated rings. The van der Waals surface area contributed by atoms with E-state index in [0.29, 0.717) is 5.71 Å². The van der Waals surface area contributed by atoms with Crippen molar-refractivity contribution in [3.05, 3.63) is 96.3 Å². The summed E-state index contributed by atoms with van der Waals surface area (Å²) in [5.41, 5.74) is 4.96. The monoisotopic (exact) mass is 419 g/mol. The first-order valence-corrected chi connectivity index (χ1v) is 11.1. The number of hydrogen-bond acceptors (Lipinski definition) is 3. The van der Waals surface area contributed by atoms with Gasteiger partial charge in [0.25, 0.3) is 0 Å². The quantitative estimate of drug-likeness (QED) is 0.339. The van der Waals surface area contributed by atoms with Crippen molar-refractivity contribution in [3.63, 3.8) is 0 Å². The number of pyridine rings is 1. The van der Waals surface area contributed by atoms with Gasteiger partial charge in [-0.1, -0.05) is 63.3 Å². The van der Waals surface area contributed by atoms with Gasteiger partial charge >= 0.3 is 0 Å². The standard InChI is InChI=1S/C29H25NO2/c1-29(2,3)24-15-20(14-18-8-4-6-10-21(18)24)25-17-23(22-12-13-31-28(22)30-25)27-16-19-9-5-7-11-26(19)32-27/h4-17,19,26H,1-3H3. The maximum absolute atomic E-state index is 6.32. The number of fused-ring (bicyclic) bond motifs is 3. The lowest BCUT2D eigenvalue weighted by molar-refractivity contribution is 0.213. The van der Waals surface area contributed by atoms with Gasteiger partial charge in [0.15, 0.2) is 0 Å². The first-order valence-electron chi connectivity index (χ1n) is 11.1. The minimum atomic E-state index is 0.0126. The van der Waals surface area contributed by atoms with Crippen LogP contribution < -0.4 is 0 Å². The van der Waals surface area contributed by atoms with Gasteiger partial charge in [-0.25, -0.2) is 4.98 Å². The lowest BCUT2D eigenvalue weighted by Crippen LogP contribution is -2.13. The van der Waals surface area contributed by atoms with E-state index in [1.165, 1.54) is 16.3 Å². The van der Waals surface area contributed by atoms with E-state index in [1.54, 1.807) is 6.26 Å². The van der Waals surface area contributed by atoms with Crippen LogP contribution in [0, 0.1) is 5.92 Å². The molecule has 1 aliphatic carbocycles. The lowest BCUT2D eigenvalue weighted by atomic mass is 9.82. The van der Waals surface area contributed by atoms with Gasteiger partial charge in [-0.3, -0.25) is 0 Å². The molecular weight excluding hydrogens is 394 g/mol. The Hall–Kier alpha value is -3.59. The van der Waals surface area contributed by atoms with Crippen molar-refractivity contribution in [2.45, 2.75) is 32.3 Å². The number of hydrogen-bond donors (Lipinski definition) is 0. The van der Waals surface area contributed by atoms with Crippen molar-refractivity contribution in [2.24, 2.45) is 5.92 Å². The van der Waals surface area contributed by atoms with Crippen LogP contribution in [0.25, 0.3) is 38.9 Å². The summed E-state index contributed by atoms with van der Waals surface area (Å²) < 4.78 is 12.1. The number of allylic oxidation sites excluding steroid dienone is 2. The molecule has 0 amide bonds. The van der Waals surface area contributed by atoms with Crippen molar-refractivity contribution in [2.75, 3.05) is 0 Å². The van der Waals surface area contributed by atoms with E-state index in [-0.39, 0.29) is 17.4 Å². The lowest BCUT2D eigenvalue weighted by Gasteiger charge is -2.23. The highest BCUT2D eigenvalue weighted by Crippen LogP contribution is 2.39. The molecule has 0 bridgehead atoms. The largest absolute Gasteiger partial charge is 0.485 e. The zero-order valence-corrected chi connectivity index (χ0v) is 18.5. The molecule has 3 nitrogen and oxygen atoms in total. The maximum atomic E-state index is 6.32. The van der Waals surface area contributed by atoms with Gasteiger partial charge in [0.05, 0.1) is 17.3 Å². The molecule has 0 saturated carbocycles. The number of aromatic nitrogens is 1. The Morgan fingerprint density at radius 1 is 0.906 bits per heavy atom. The number of nitrogens with zero attached hydrogens (tertiary/aromatic N) is 1. The Bertz CT molecular complexity index is 1450. The fraction of sp³-hybridized carbons (Fsp3) is 0.207. The Morgan fingerprint density at radius 3 is 2.59 bits per heavy atom. The van der Waals surface area contributed by atoms with Crippen LogP contribution in [0.2, 0.25) is 0 Å². The predicted molar refractivity (Wildman–Crippen MR) is 130 cm³/mol. The smallest absolute Gasteiger partial charge is 0.227 e. The summed E-state index contributed by atoms with van der Waals surface area (Å²) in [7, 11) is 0. The van der Waals surface area contributed by atoms with Crippen LogP contribution in [0.15, 0.2) is 89.6 Å². The van der Waals surface area contributed by atoms with Crippen molar-refractivity contribution in [1.82, 2.24) is 4.98 Å². The molecule has 158 valence electrons. The molecule has 2 aromatic heterocycles. The average molecular weight is 420 g/mol. The number of rotatable bonds is 2. The minimum absolute atomic E-state index is 0.0126. The van der Waals surface area contributed by atoms with Crippen LogP contribution in [-0.4, -0.2) is 11.1 Å². The second kappa shape index (κ2) is 6.96. The van der Waals surface area contributed by atoms with Crippen molar-refractivity contribution < 1.29 is 9.15 Å². The third kappa shape index (κ3) is 3.08. The second-order valence-corrected chi connectivity index (χ2v) is 9.65. The summed E-state index contributed by atoms with van der Waals surface area (Å²) in [6, 6.07) is 17.2. The SMILES string of the molecule is CC(C)(C)c1cc(-c2cc(C3=CC4C=CC=CC4O3)c3ccoc3n2)cc2ccccc12. The molecule has 3 heterocycles. The van der Waals surface area contributed by atoms with Gasteiger partial charge in [-0.2, -0.15) is 0 Å². The Morgan fingerprint density at radius 2 is 1.75 bits per heavy atom. The molecule has 32 heavy (non-hydrogen) atoms. The fourth-order valence-corrected chi connectivity index (χ4v) is 4.77. The average Bonchev–Trinajstić information content (AvgIpc) is 3.43. The van der Waals surface area contributed by atoms with Gasteiger partial charge in [0, 0.05) is 17.0 Å². The molecule has 3 heteroatoms. The fourth-order valence-electron chi connectivity index (χ4n) is 4.77. The Kier molecular flexibility index (Phi) is 4.16.